The highest BCUT2D eigenvalue weighted by Crippen LogP contribution is 2.07. The van der Waals surface area contributed by atoms with E-state index in [0.717, 1.165) is 5.56 Å². The highest BCUT2D eigenvalue weighted by atomic mass is 35.5. The number of Topliss-reactive ketones (excluding diaryl/α,β-unsaturated/α-hetero) is 1. The Hall–Kier alpha value is -0.820. The molecule has 0 atom stereocenters. The maximum atomic E-state index is 10.8. The standard InChI is InChI=1S/C10H12O.ClH/c1-8-5-3-4-6-10(8)7-9(2)11;/h3-6H,7H2,1-2H3;1H. The average Bonchev–Trinajstić information content (AvgIpc) is 1.93. The number of carbonyl (C=O) groups is 1. The van der Waals surface area contributed by atoms with Crippen molar-refractivity contribution in [1.29, 1.82) is 0 Å². The first kappa shape index (κ1) is 11.2. The van der Waals surface area contributed by atoms with E-state index in [2.05, 4.69) is 0 Å². The van der Waals surface area contributed by atoms with Crippen LogP contribution in [0.5, 0.6) is 0 Å². The first-order valence-corrected chi connectivity index (χ1v) is 3.74. The molecule has 0 unspecified atom stereocenters. The van der Waals surface area contributed by atoms with Crippen LogP contribution in [0.4, 0.5) is 0 Å². The molecule has 0 saturated heterocycles. The molecule has 0 radical (unpaired) electrons. The van der Waals surface area contributed by atoms with Gasteiger partial charge in [-0.3, -0.25) is 4.79 Å². The lowest BCUT2D eigenvalue weighted by Crippen LogP contribution is -1.97. The Kier molecular flexibility index (Phi) is 4.60. The van der Waals surface area contributed by atoms with Crippen molar-refractivity contribution in [3.8, 4) is 0 Å². The average molecular weight is 185 g/mol. The van der Waals surface area contributed by atoms with Gasteiger partial charge in [-0.05, 0) is 25.0 Å². The summed E-state index contributed by atoms with van der Waals surface area (Å²) in [5, 5.41) is 0. The van der Waals surface area contributed by atoms with Crippen molar-refractivity contribution in [2.45, 2.75) is 20.3 Å². The number of halogens is 1. The van der Waals surface area contributed by atoms with Crippen molar-refractivity contribution in [2.75, 3.05) is 0 Å². The summed E-state index contributed by atoms with van der Waals surface area (Å²) in [6.07, 6.45) is 0.562. The van der Waals surface area contributed by atoms with E-state index in [1.165, 1.54) is 5.56 Å². The molecule has 0 saturated carbocycles. The van der Waals surface area contributed by atoms with Crippen molar-refractivity contribution in [3.05, 3.63) is 35.4 Å². The minimum atomic E-state index is 0. The lowest BCUT2D eigenvalue weighted by atomic mass is 10.0. The van der Waals surface area contributed by atoms with Gasteiger partial charge in [-0.15, -0.1) is 12.4 Å². The van der Waals surface area contributed by atoms with Gasteiger partial charge in [-0.2, -0.15) is 0 Å². The molecule has 0 N–H and O–H groups in total. The summed E-state index contributed by atoms with van der Waals surface area (Å²) in [6.45, 7) is 3.64. The molecule has 2 heteroatoms. The summed E-state index contributed by atoms with van der Waals surface area (Å²) >= 11 is 0. The third-order valence-corrected chi connectivity index (χ3v) is 1.70. The molecule has 1 nitrogen and oxygen atoms in total. The van der Waals surface area contributed by atoms with E-state index in [0.29, 0.717) is 6.42 Å². The number of ketones is 1. The number of rotatable bonds is 2. The number of hydrogen-bond donors (Lipinski definition) is 0. The van der Waals surface area contributed by atoms with Gasteiger partial charge in [0.1, 0.15) is 5.78 Å². The van der Waals surface area contributed by atoms with Gasteiger partial charge in [-0.1, -0.05) is 24.3 Å². The summed E-state index contributed by atoms with van der Waals surface area (Å²) in [6, 6.07) is 7.97. The summed E-state index contributed by atoms with van der Waals surface area (Å²) in [5.41, 5.74) is 2.34. The third kappa shape index (κ3) is 3.05. The van der Waals surface area contributed by atoms with Gasteiger partial charge < -0.3 is 0 Å². The Labute approximate surface area is 79.2 Å². The Bertz CT molecular complexity index is 268. The summed E-state index contributed by atoms with van der Waals surface area (Å²) in [5.74, 6) is 0.222. The fourth-order valence-corrected chi connectivity index (χ4v) is 1.08. The molecule has 0 aromatic heterocycles. The molecular formula is C10H13ClO. The Morgan fingerprint density at radius 1 is 1.33 bits per heavy atom. The third-order valence-electron chi connectivity index (χ3n) is 1.70. The van der Waals surface area contributed by atoms with Crippen LogP contribution in [0.3, 0.4) is 0 Å². The molecule has 1 rings (SSSR count). The van der Waals surface area contributed by atoms with E-state index in [1.807, 2.05) is 31.2 Å². The molecule has 66 valence electrons. The molecule has 0 amide bonds. The smallest absolute Gasteiger partial charge is 0.134 e. The summed E-state index contributed by atoms with van der Waals surface area (Å²) in [4.78, 5) is 10.8. The van der Waals surface area contributed by atoms with Crippen LogP contribution in [-0.4, -0.2) is 5.78 Å². The molecule has 0 aliphatic carbocycles. The van der Waals surface area contributed by atoms with Gasteiger partial charge in [-0.25, -0.2) is 0 Å². The van der Waals surface area contributed by atoms with Crippen molar-refractivity contribution in [2.24, 2.45) is 0 Å². The fraction of sp³-hybridized carbons (Fsp3) is 0.300. The second-order valence-corrected chi connectivity index (χ2v) is 2.81. The van der Waals surface area contributed by atoms with Gasteiger partial charge in [0.2, 0.25) is 0 Å². The maximum Gasteiger partial charge on any atom is 0.134 e. The van der Waals surface area contributed by atoms with Crippen LogP contribution in [-0.2, 0) is 11.2 Å². The van der Waals surface area contributed by atoms with Crippen LogP contribution in [0, 0.1) is 6.92 Å². The van der Waals surface area contributed by atoms with Crippen LogP contribution in [0.15, 0.2) is 24.3 Å². The lowest BCUT2D eigenvalue weighted by Gasteiger charge is -2.00. The highest BCUT2D eigenvalue weighted by molar-refractivity contribution is 5.85. The van der Waals surface area contributed by atoms with Crippen molar-refractivity contribution >= 4 is 18.2 Å². The summed E-state index contributed by atoms with van der Waals surface area (Å²) < 4.78 is 0. The zero-order valence-electron chi connectivity index (χ0n) is 7.33. The van der Waals surface area contributed by atoms with E-state index in [4.69, 9.17) is 0 Å². The van der Waals surface area contributed by atoms with E-state index >= 15 is 0 Å². The molecule has 0 aliphatic heterocycles. The van der Waals surface area contributed by atoms with E-state index in [9.17, 15) is 4.79 Å². The topological polar surface area (TPSA) is 17.1 Å². The zero-order valence-corrected chi connectivity index (χ0v) is 8.15. The summed E-state index contributed by atoms with van der Waals surface area (Å²) in [7, 11) is 0. The molecule has 0 fully saturated rings. The fourth-order valence-electron chi connectivity index (χ4n) is 1.08. The van der Waals surface area contributed by atoms with E-state index < -0.39 is 0 Å². The van der Waals surface area contributed by atoms with Crippen LogP contribution in [0.25, 0.3) is 0 Å². The molecule has 1 aromatic rings. The minimum absolute atomic E-state index is 0. The number of aryl methyl sites for hydroxylation is 1. The van der Waals surface area contributed by atoms with Gasteiger partial charge >= 0.3 is 0 Å². The van der Waals surface area contributed by atoms with Crippen LogP contribution in [0.1, 0.15) is 18.1 Å². The molecule has 12 heavy (non-hydrogen) atoms. The zero-order chi connectivity index (χ0) is 8.27. The molecule has 1 aromatic carbocycles. The highest BCUT2D eigenvalue weighted by Gasteiger charge is 1.98. The van der Waals surface area contributed by atoms with Crippen molar-refractivity contribution < 1.29 is 4.79 Å². The van der Waals surface area contributed by atoms with Crippen molar-refractivity contribution in [1.82, 2.24) is 0 Å². The van der Waals surface area contributed by atoms with Crippen LogP contribution >= 0.6 is 12.4 Å². The van der Waals surface area contributed by atoms with Gasteiger partial charge in [0.25, 0.3) is 0 Å². The molecular weight excluding hydrogens is 172 g/mol. The van der Waals surface area contributed by atoms with Crippen LogP contribution in [0.2, 0.25) is 0 Å². The number of carbonyl (C=O) groups excluding carboxylic acids is 1. The van der Waals surface area contributed by atoms with E-state index in [-0.39, 0.29) is 18.2 Å². The predicted molar refractivity (Wildman–Crippen MR) is 52.8 cm³/mol. The Morgan fingerprint density at radius 2 is 1.92 bits per heavy atom. The number of hydrogen-bond acceptors (Lipinski definition) is 1. The maximum absolute atomic E-state index is 10.8. The second kappa shape index (κ2) is 4.94. The largest absolute Gasteiger partial charge is 0.300 e. The van der Waals surface area contributed by atoms with Crippen LogP contribution < -0.4 is 0 Å². The van der Waals surface area contributed by atoms with E-state index in [1.54, 1.807) is 6.92 Å². The molecule has 0 heterocycles. The molecule has 0 spiro atoms. The Balaban J connectivity index is 0.00000121. The minimum Gasteiger partial charge on any atom is -0.300 e. The SMILES string of the molecule is CC(=O)Cc1ccccc1C.Cl. The van der Waals surface area contributed by atoms with Gasteiger partial charge in [0.05, 0.1) is 0 Å². The molecule has 0 bridgehead atoms. The monoisotopic (exact) mass is 184 g/mol. The predicted octanol–water partition coefficient (Wildman–Crippen LogP) is 2.55. The normalized spacial score (nSPS) is 8.83. The first-order valence-electron chi connectivity index (χ1n) is 3.74. The quantitative estimate of drug-likeness (QED) is 0.691. The second-order valence-electron chi connectivity index (χ2n) is 2.81. The number of benzene rings is 1. The molecule has 0 aliphatic rings. The van der Waals surface area contributed by atoms with Gasteiger partial charge in [0.15, 0.2) is 0 Å². The Morgan fingerprint density at radius 3 is 2.42 bits per heavy atom. The van der Waals surface area contributed by atoms with Crippen molar-refractivity contribution in [3.63, 3.8) is 0 Å². The lowest BCUT2D eigenvalue weighted by molar-refractivity contribution is -0.116. The first-order chi connectivity index (χ1) is 5.20. The van der Waals surface area contributed by atoms with Gasteiger partial charge in [0, 0.05) is 6.42 Å².